The van der Waals surface area contributed by atoms with Crippen LogP contribution in [0.3, 0.4) is 0 Å². The molecule has 0 heterocycles. The van der Waals surface area contributed by atoms with Crippen molar-refractivity contribution < 1.29 is 19.8 Å². The van der Waals surface area contributed by atoms with Gasteiger partial charge in [-0.1, -0.05) is 30.3 Å². The molecule has 0 aliphatic rings. The molecule has 0 aromatic heterocycles. The molecule has 0 saturated heterocycles. The molecule has 146 valence electrons. The number of rotatable bonds is 13. The second-order valence-electron chi connectivity index (χ2n) is 5.61. The Morgan fingerprint density at radius 1 is 0.923 bits per heavy atom. The van der Waals surface area contributed by atoms with E-state index in [0.29, 0.717) is 0 Å². The third-order valence-corrected chi connectivity index (χ3v) is 10.0. The fraction of sp³-hybridized carbons (Fsp3) is 0.579. The van der Waals surface area contributed by atoms with Gasteiger partial charge in [-0.05, 0) is 5.56 Å². The van der Waals surface area contributed by atoms with Crippen molar-refractivity contribution in [1.29, 1.82) is 0 Å². The summed E-state index contributed by atoms with van der Waals surface area (Å²) in [6.45, 7) is 4.58. The molecule has 2 radical (unpaired) electrons. The number of carboxylic acids is 2. The summed E-state index contributed by atoms with van der Waals surface area (Å²) in [5.74, 6) is -1.86. The Balaban J connectivity index is 0.000000590. The van der Waals surface area contributed by atoms with Crippen molar-refractivity contribution in [3.63, 3.8) is 0 Å². The second kappa shape index (κ2) is 18.0. The number of aliphatic carboxylic acids is 2. The van der Waals surface area contributed by atoms with E-state index in [2.05, 4.69) is 13.8 Å². The molecule has 0 atom stereocenters. The maximum atomic E-state index is 10.5. The number of carboxylic acid groups (broad SMARTS) is 2. The third kappa shape index (κ3) is 15.9. The van der Waals surface area contributed by atoms with Crippen LogP contribution in [0.1, 0.15) is 49.7 Å². The van der Waals surface area contributed by atoms with Crippen molar-refractivity contribution in [3.05, 3.63) is 35.9 Å². The Kier molecular flexibility index (Phi) is 17.8. The molecule has 0 unspecified atom stereocenters. The number of benzene rings is 1. The molecular formula is C19H30O4S2Sn. The zero-order chi connectivity index (χ0) is 19.6. The van der Waals surface area contributed by atoms with E-state index >= 15 is 0 Å². The topological polar surface area (TPSA) is 74.6 Å². The van der Waals surface area contributed by atoms with Crippen LogP contribution in [-0.2, 0) is 9.59 Å². The molecule has 26 heavy (non-hydrogen) atoms. The molecule has 1 aromatic carbocycles. The molecule has 7 heteroatoms. The molecule has 0 aliphatic heterocycles. The molecule has 0 bridgehead atoms. The predicted octanol–water partition coefficient (Wildman–Crippen LogP) is 5.45. The molecule has 0 saturated carbocycles. The van der Waals surface area contributed by atoms with E-state index in [0.717, 1.165) is 5.56 Å². The van der Waals surface area contributed by atoms with Gasteiger partial charge in [0.05, 0.1) is 16.1 Å². The summed E-state index contributed by atoms with van der Waals surface area (Å²) >= 11 is 2.60. The van der Waals surface area contributed by atoms with E-state index < -0.39 is 11.9 Å². The monoisotopic (exact) mass is 506 g/mol. The molecule has 0 amide bonds. The van der Waals surface area contributed by atoms with Crippen molar-refractivity contribution in [2.24, 2.45) is 0 Å². The molecule has 0 spiro atoms. The van der Waals surface area contributed by atoms with Crippen molar-refractivity contribution in [2.45, 2.75) is 53.0 Å². The normalized spacial score (nSPS) is 10.3. The smallest absolute Gasteiger partial charge is 0.313 e. The van der Waals surface area contributed by atoms with Crippen molar-refractivity contribution >= 4 is 56.6 Å². The second-order valence-corrected chi connectivity index (χ2v) is 12.4. The molecule has 0 aliphatic carbocycles. The van der Waals surface area contributed by atoms with Gasteiger partial charge in [0.25, 0.3) is 0 Å². The molecular weight excluding hydrogens is 475 g/mol. The minimum Gasteiger partial charge on any atom is -0.481 e. The van der Waals surface area contributed by atoms with Gasteiger partial charge in [-0.3, -0.25) is 9.59 Å². The van der Waals surface area contributed by atoms with E-state index in [9.17, 15) is 9.59 Å². The first-order valence-corrected chi connectivity index (χ1v) is 15.1. The van der Waals surface area contributed by atoms with Crippen LogP contribution in [0.4, 0.5) is 0 Å². The first kappa shape index (κ1) is 25.7. The fourth-order valence-electron chi connectivity index (χ4n) is 1.87. The summed E-state index contributed by atoms with van der Waals surface area (Å²) in [5, 5.41) is 17.3. The van der Waals surface area contributed by atoms with Crippen LogP contribution >= 0.6 is 23.5 Å². The average molecular weight is 505 g/mol. The Bertz CT molecular complexity index is 462. The van der Waals surface area contributed by atoms with E-state index in [-0.39, 0.29) is 37.2 Å². The fourth-order valence-corrected chi connectivity index (χ4v) is 8.11. The number of carbonyl (C=O) groups is 2. The first-order chi connectivity index (χ1) is 12.5. The number of hydrogen-bond acceptors (Lipinski definition) is 4. The van der Waals surface area contributed by atoms with E-state index in [1.54, 1.807) is 8.87 Å². The van der Waals surface area contributed by atoms with E-state index in [1.807, 2.05) is 30.3 Å². The predicted molar refractivity (Wildman–Crippen MR) is 115 cm³/mol. The maximum absolute atomic E-state index is 10.5. The number of thioether (sulfide) groups is 2. The average Bonchev–Trinajstić information content (AvgIpc) is 2.62. The van der Waals surface area contributed by atoms with Gasteiger partial charge in [-0.25, -0.2) is 0 Å². The minimum atomic E-state index is -0.896. The van der Waals surface area contributed by atoms with Gasteiger partial charge in [-0.15, -0.1) is 23.5 Å². The maximum Gasteiger partial charge on any atom is 0.313 e. The van der Waals surface area contributed by atoms with Gasteiger partial charge in [-0.2, -0.15) is 0 Å². The van der Waals surface area contributed by atoms with Crippen LogP contribution < -0.4 is 0 Å². The van der Waals surface area contributed by atoms with Crippen LogP contribution in [0.5, 0.6) is 0 Å². The zero-order valence-electron chi connectivity index (χ0n) is 15.6. The van der Waals surface area contributed by atoms with Gasteiger partial charge in [0.2, 0.25) is 0 Å². The quantitative estimate of drug-likeness (QED) is 0.211. The van der Waals surface area contributed by atoms with E-state index in [4.69, 9.17) is 10.2 Å². The minimum absolute atomic E-state index is 0.0355. The Hall–Kier alpha value is -0.341. The Labute approximate surface area is 176 Å². The molecule has 1 aromatic rings. The standard InChI is InChI=1S/C11H12O4S2.2C4H9.Sn/c12-9(13)6-16-11(17-7-10(14)15)8-4-2-1-3-5-8;2*1-3-4-2;/h1-5,11H,6-7H2,(H,12,13)(H,14,15);2*1,3-4H2,2H3;. The third-order valence-electron chi connectivity index (χ3n) is 3.20. The summed E-state index contributed by atoms with van der Waals surface area (Å²) < 4.78 is 3.09. The van der Waals surface area contributed by atoms with Crippen molar-refractivity contribution in [1.82, 2.24) is 0 Å². The van der Waals surface area contributed by atoms with Gasteiger partial charge < -0.3 is 10.2 Å². The van der Waals surface area contributed by atoms with E-state index in [1.165, 1.54) is 49.2 Å². The summed E-state index contributed by atoms with van der Waals surface area (Å²) in [5.41, 5.74) is 0.935. The van der Waals surface area contributed by atoms with Crippen LogP contribution in [0, 0.1) is 0 Å². The van der Waals surface area contributed by atoms with Gasteiger partial charge in [0.15, 0.2) is 0 Å². The van der Waals surface area contributed by atoms with Crippen molar-refractivity contribution in [2.75, 3.05) is 11.5 Å². The summed E-state index contributed by atoms with van der Waals surface area (Å²) in [6, 6.07) is 9.31. The largest absolute Gasteiger partial charge is 0.481 e. The van der Waals surface area contributed by atoms with Gasteiger partial charge in [0.1, 0.15) is 0 Å². The first-order valence-electron chi connectivity index (χ1n) is 8.93. The Morgan fingerprint density at radius 2 is 1.38 bits per heavy atom. The molecule has 0 fully saturated rings. The summed E-state index contributed by atoms with van der Waals surface area (Å²) in [6.07, 6.45) is 5.84. The SMILES string of the molecule is CCC[CH2][Sn][CH2]CCC.O=C(O)CSC(SCC(=O)O)c1ccccc1. The summed E-state index contributed by atoms with van der Waals surface area (Å²) in [7, 11) is 0. The summed E-state index contributed by atoms with van der Waals surface area (Å²) in [4.78, 5) is 21.1. The number of hydrogen-bond donors (Lipinski definition) is 2. The van der Waals surface area contributed by atoms with Crippen LogP contribution in [0.15, 0.2) is 30.3 Å². The molecule has 1 rings (SSSR count). The van der Waals surface area contributed by atoms with Crippen LogP contribution in [0.25, 0.3) is 0 Å². The van der Waals surface area contributed by atoms with Crippen LogP contribution in [-0.4, -0.2) is 54.8 Å². The Morgan fingerprint density at radius 3 is 1.77 bits per heavy atom. The van der Waals surface area contributed by atoms with Gasteiger partial charge >= 0.3 is 81.5 Å². The van der Waals surface area contributed by atoms with Crippen molar-refractivity contribution in [3.8, 4) is 0 Å². The molecule has 2 N–H and O–H groups in total. The van der Waals surface area contributed by atoms with Crippen LogP contribution in [0.2, 0.25) is 8.87 Å². The van der Waals surface area contributed by atoms with Gasteiger partial charge in [0, 0.05) is 0 Å². The molecule has 4 nitrogen and oxygen atoms in total. The zero-order valence-corrected chi connectivity index (χ0v) is 20.1. The number of unbranched alkanes of at least 4 members (excludes halogenated alkanes) is 2.